The first-order chi connectivity index (χ1) is 14.8. The lowest BCUT2D eigenvalue weighted by Gasteiger charge is -2.18. The van der Waals surface area contributed by atoms with Gasteiger partial charge in [-0.1, -0.05) is 30.3 Å². The monoisotopic (exact) mass is 426 g/mol. The number of pyridine rings is 2. The zero-order valence-corrected chi connectivity index (χ0v) is 16.0. The molecule has 4 aromatic rings. The van der Waals surface area contributed by atoms with Gasteiger partial charge >= 0.3 is 6.18 Å². The first kappa shape index (κ1) is 20.3. The highest BCUT2D eigenvalue weighted by Crippen LogP contribution is 2.30. The largest absolute Gasteiger partial charge is 0.417 e. The molecule has 0 spiro atoms. The van der Waals surface area contributed by atoms with Crippen LogP contribution in [0, 0.1) is 0 Å². The van der Waals surface area contributed by atoms with E-state index in [1.54, 1.807) is 0 Å². The van der Waals surface area contributed by atoms with Crippen LogP contribution >= 0.6 is 0 Å². The number of rotatable bonds is 5. The number of halogens is 3. The maximum Gasteiger partial charge on any atom is 0.417 e. The smallest absolute Gasteiger partial charge is 0.384 e. The lowest BCUT2D eigenvalue weighted by atomic mass is 10.0. The second-order valence-electron chi connectivity index (χ2n) is 6.89. The van der Waals surface area contributed by atoms with Crippen LogP contribution in [-0.4, -0.2) is 25.5 Å². The molecule has 0 aliphatic rings. The van der Waals surface area contributed by atoms with Crippen molar-refractivity contribution in [3.63, 3.8) is 0 Å². The van der Waals surface area contributed by atoms with Crippen molar-refractivity contribution in [2.75, 3.05) is 5.73 Å². The molecule has 31 heavy (non-hydrogen) atoms. The number of benzene rings is 1. The fraction of sp³-hybridized carbons (Fsp3) is 0.143. The number of nitrogens with one attached hydrogen (secondary N) is 1. The summed E-state index contributed by atoms with van der Waals surface area (Å²) in [5.74, 6) is -0.0145. The average molecular weight is 426 g/mol. The second-order valence-corrected chi connectivity index (χ2v) is 6.89. The fourth-order valence-corrected chi connectivity index (χ4v) is 3.15. The number of aromatic nitrogens is 4. The summed E-state index contributed by atoms with van der Waals surface area (Å²) in [5.41, 5.74) is 6.09. The topological polar surface area (TPSA) is 98.2 Å². The molecule has 0 radical (unpaired) electrons. The Balaban J connectivity index is 1.73. The van der Waals surface area contributed by atoms with Crippen molar-refractivity contribution in [1.29, 1.82) is 0 Å². The zero-order chi connectivity index (χ0) is 22.0. The third kappa shape index (κ3) is 4.47. The number of nitrogens with zero attached hydrogens (tertiary/aromatic N) is 4. The minimum Gasteiger partial charge on any atom is -0.384 e. The lowest BCUT2D eigenvalue weighted by molar-refractivity contribution is -0.137. The van der Waals surface area contributed by atoms with Gasteiger partial charge < -0.3 is 11.1 Å². The quantitative estimate of drug-likeness (QED) is 0.510. The van der Waals surface area contributed by atoms with Gasteiger partial charge in [0.05, 0.1) is 17.2 Å². The second kappa shape index (κ2) is 8.05. The van der Waals surface area contributed by atoms with Crippen molar-refractivity contribution >= 4 is 17.4 Å². The summed E-state index contributed by atoms with van der Waals surface area (Å²) in [6.45, 7) is 0. The molecule has 158 valence electrons. The van der Waals surface area contributed by atoms with Crippen LogP contribution in [0.5, 0.6) is 0 Å². The van der Waals surface area contributed by atoms with Crippen LogP contribution in [0.15, 0.2) is 67.0 Å². The number of hydrogen-bond acceptors (Lipinski definition) is 5. The molecule has 0 aliphatic heterocycles. The van der Waals surface area contributed by atoms with E-state index in [2.05, 4.69) is 20.5 Å². The molecule has 0 aliphatic carbocycles. The predicted octanol–water partition coefficient (Wildman–Crippen LogP) is 3.44. The molecular weight excluding hydrogens is 409 g/mol. The number of carbonyl (C=O) groups excluding carboxylic acids is 1. The van der Waals surface area contributed by atoms with Gasteiger partial charge in [0.2, 0.25) is 0 Å². The summed E-state index contributed by atoms with van der Waals surface area (Å²) in [7, 11) is 0. The fourth-order valence-electron chi connectivity index (χ4n) is 3.15. The van der Waals surface area contributed by atoms with Gasteiger partial charge in [-0.15, -0.1) is 10.2 Å². The zero-order valence-electron chi connectivity index (χ0n) is 16.0. The van der Waals surface area contributed by atoms with Crippen LogP contribution in [0.4, 0.5) is 19.0 Å². The van der Waals surface area contributed by atoms with Crippen LogP contribution < -0.4 is 11.1 Å². The highest BCUT2D eigenvalue weighted by Gasteiger charge is 2.32. The van der Waals surface area contributed by atoms with E-state index in [1.165, 1.54) is 28.8 Å². The Morgan fingerprint density at radius 2 is 1.84 bits per heavy atom. The van der Waals surface area contributed by atoms with E-state index in [0.717, 1.165) is 17.8 Å². The minimum atomic E-state index is -4.52. The number of anilines is 1. The van der Waals surface area contributed by atoms with E-state index < -0.39 is 23.7 Å². The van der Waals surface area contributed by atoms with Gasteiger partial charge in [0.15, 0.2) is 11.5 Å². The molecule has 0 saturated heterocycles. The highest BCUT2D eigenvalue weighted by molar-refractivity contribution is 5.94. The Hall–Kier alpha value is -3.95. The molecule has 4 rings (SSSR count). The van der Waals surface area contributed by atoms with E-state index in [-0.39, 0.29) is 22.9 Å². The van der Waals surface area contributed by atoms with Crippen LogP contribution in [0.2, 0.25) is 0 Å². The van der Waals surface area contributed by atoms with Crippen LogP contribution in [0.25, 0.3) is 5.65 Å². The molecule has 10 heteroatoms. The van der Waals surface area contributed by atoms with Crippen molar-refractivity contribution in [1.82, 2.24) is 24.9 Å². The molecular formula is C21H17F3N6O. The minimum absolute atomic E-state index is 0.182. The first-order valence-electron chi connectivity index (χ1n) is 9.29. The Kier molecular flexibility index (Phi) is 5.28. The van der Waals surface area contributed by atoms with Crippen LogP contribution in [0.1, 0.15) is 33.4 Å². The van der Waals surface area contributed by atoms with E-state index in [1.807, 2.05) is 30.3 Å². The molecule has 0 saturated carbocycles. The van der Waals surface area contributed by atoms with E-state index >= 15 is 0 Å². The molecule has 1 atom stereocenters. The average Bonchev–Trinajstić information content (AvgIpc) is 3.17. The summed E-state index contributed by atoms with van der Waals surface area (Å²) in [6, 6.07) is 13.7. The van der Waals surface area contributed by atoms with Gasteiger partial charge in [-0.25, -0.2) is 4.98 Å². The van der Waals surface area contributed by atoms with Crippen LogP contribution in [0.3, 0.4) is 0 Å². The first-order valence-corrected chi connectivity index (χ1v) is 9.29. The van der Waals surface area contributed by atoms with Gasteiger partial charge in [0, 0.05) is 12.4 Å². The number of carbonyl (C=O) groups is 1. The van der Waals surface area contributed by atoms with Gasteiger partial charge in [0.25, 0.3) is 5.91 Å². The van der Waals surface area contributed by atoms with Crippen molar-refractivity contribution in [3.8, 4) is 0 Å². The summed E-state index contributed by atoms with van der Waals surface area (Å²) in [5, 5.41) is 10.9. The Bertz CT molecular complexity index is 1210. The molecule has 1 aromatic carbocycles. The van der Waals surface area contributed by atoms with E-state index in [9.17, 15) is 18.0 Å². The van der Waals surface area contributed by atoms with Crippen LogP contribution in [-0.2, 0) is 12.6 Å². The molecule has 7 nitrogen and oxygen atoms in total. The van der Waals surface area contributed by atoms with Gasteiger partial charge in [-0.2, -0.15) is 13.2 Å². The van der Waals surface area contributed by atoms with E-state index in [4.69, 9.17) is 5.73 Å². The maximum atomic E-state index is 13.2. The molecule has 1 amide bonds. The number of fused-ring (bicyclic) bond motifs is 1. The van der Waals surface area contributed by atoms with E-state index in [0.29, 0.717) is 6.42 Å². The predicted molar refractivity (Wildman–Crippen MR) is 107 cm³/mol. The molecule has 1 unspecified atom stereocenters. The number of amides is 1. The number of nitrogen functional groups attached to an aromatic ring is 1. The van der Waals surface area contributed by atoms with Crippen molar-refractivity contribution in [3.05, 3.63) is 89.5 Å². The Labute approximate surface area is 174 Å². The lowest BCUT2D eigenvalue weighted by Crippen LogP contribution is -2.31. The van der Waals surface area contributed by atoms with Crippen molar-refractivity contribution in [2.45, 2.75) is 18.6 Å². The third-order valence-electron chi connectivity index (χ3n) is 4.70. The number of hydrogen-bond donors (Lipinski definition) is 2. The standard InChI is InChI=1S/C21H17F3N6O/c22-21(23,24)15-7-9-18-28-29-19(30(18)12-15)16(10-13-4-2-1-3-5-13)27-20(31)14-6-8-17(25)26-11-14/h1-9,11-12,16H,10H2,(H2,25,26)(H,27,31). The Morgan fingerprint density at radius 3 is 2.52 bits per heavy atom. The molecule has 0 fully saturated rings. The van der Waals surface area contributed by atoms with Gasteiger partial charge in [-0.3, -0.25) is 9.20 Å². The molecule has 3 heterocycles. The highest BCUT2D eigenvalue weighted by atomic mass is 19.4. The Morgan fingerprint density at radius 1 is 1.06 bits per heavy atom. The summed E-state index contributed by atoms with van der Waals surface area (Å²) in [4.78, 5) is 16.7. The number of alkyl halides is 3. The maximum absolute atomic E-state index is 13.2. The normalized spacial score (nSPS) is 12.6. The van der Waals surface area contributed by atoms with Crippen molar-refractivity contribution in [2.24, 2.45) is 0 Å². The molecule has 0 bridgehead atoms. The SMILES string of the molecule is Nc1ccc(C(=O)NC(Cc2ccccc2)c2nnc3ccc(C(F)(F)F)cn23)cn1. The third-order valence-corrected chi connectivity index (χ3v) is 4.70. The summed E-state index contributed by atoms with van der Waals surface area (Å²) >= 11 is 0. The number of nitrogens with two attached hydrogens (primary N) is 1. The van der Waals surface area contributed by atoms with Gasteiger partial charge in [0.1, 0.15) is 5.82 Å². The molecule has 3 N–H and O–H groups in total. The summed E-state index contributed by atoms with van der Waals surface area (Å²) < 4.78 is 40.9. The van der Waals surface area contributed by atoms with Gasteiger partial charge in [-0.05, 0) is 36.2 Å². The summed E-state index contributed by atoms with van der Waals surface area (Å²) in [6.07, 6.45) is -1.97. The van der Waals surface area contributed by atoms with Crippen molar-refractivity contribution < 1.29 is 18.0 Å². The molecule has 3 aromatic heterocycles.